The van der Waals surface area contributed by atoms with Gasteiger partial charge in [0.1, 0.15) is 5.75 Å². The molecule has 1 unspecified atom stereocenters. The van der Waals surface area contributed by atoms with Crippen LogP contribution in [0.15, 0.2) is 41.8 Å². The summed E-state index contributed by atoms with van der Waals surface area (Å²) in [6, 6.07) is 11.4. The Balaban J connectivity index is 1.55. The van der Waals surface area contributed by atoms with Gasteiger partial charge in [-0.1, -0.05) is 25.5 Å². The number of anilines is 2. The predicted octanol–water partition coefficient (Wildman–Crippen LogP) is 4.11. The van der Waals surface area contributed by atoms with Crippen molar-refractivity contribution in [1.82, 2.24) is 15.2 Å². The number of methoxy groups -OCH3 is 1. The van der Waals surface area contributed by atoms with Crippen LogP contribution in [0.4, 0.5) is 10.9 Å². The van der Waals surface area contributed by atoms with Gasteiger partial charge in [0.2, 0.25) is 5.88 Å². The second-order valence-electron chi connectivity index (χ2n) is 6.32. The van der Waals surface area contributed by atoms with E-state index in [-0.39, 0.29) is 6.04 Å². The van der Waals surface area contributed by atoms with E-state index >= 15 is 0 Å². The van der Waals surface area contributed by atoms with Gasteiger partial charge in [-0.05, 0) is 36.6 Å². The topological polar surface area (TPSA) is 95.2 Å². The minimum Gasteiger partial charge on any atom is -0.497 e. The van der Waals surface area contributed by atoms with Crippen LogP contribution in [0.2, 0.25) is 0 Å². The highest BCUT2D eigenvalue weighted by Gasteiger charge is 2.12. The van der Waals surface area contributed by atoms with Gasteiger partial charge in [0.15, 0.2) is 10.9 Å². The van der Waals surface area contributed by atoms with Gasteiger partial charge >= 0.3 is 0 Å². The molecule has 3 N–H and O–H groups in total. The fourth-order valence-corrected chi connectivity index (χ4v) is 3.31. The van der Waals surface area contributed by atoms with Crippen molar-refractivity contribution in [2.45, 2.75) is 32.2 Å². The highest BCUT2D eigenvalue weighted by molar-refractivity contribution is 7.13. The number of nitrogens with zero attached hydrogens (tertiary/aromatic N) is 3. The largest absolute Gasteiger partial charge is 0.497 e. The number of unbranched alkanes of at least 4 members (excludes halogenated alkanes) is 1. The Morgan fingerprint density at radius 1 is 1.14 bits per heavy atom. The van der Waals surface area contributed by atoms with Crippen LogP contribution in [0.5, 0.6) is 11.6 Å². The second kappa shape index (κ2) is 10.0. The van der Waals surface area contributed by atoms with Crippen LogP contribution in [0, 0.1) is 0 Å². The highest BCUT2D eigenvalue weighted by Crippen LogP contribution is 2.25. The number of rotatable bonds is 10. The van der Waals surface area contributed by atoms with Crippen molar-refractivity contribution in [1.29, 1.82) is 0 Å². The Morgan fingerprint density at radius 2 is 1.96 bits per heavy atom. The number of ether oxygens (including phenoxy) is 2. The average Bonchev–Trinajstić information content (AvgIpc) is 3.19. The van der Waals surface area contributed by atoms with Crippen molar-refractivity contribution >= 4 is 22.3 Å². The molecular weight excluding hydrogens is 374 g/mol. The number of aromatic nitrogens is 3. The van der Waals surface area contributed by atoms with Crippen LogP contribution in [0.25, 0.3) is 0 Å². The Kier molecular flexibility index (Phi) is 7.16. The van der Waals surface area contributed by atoms with Gasteiger partial charge in [-0.3, -0.25) is 0 Å². The molecular formula is C20H25N5O2S. The molecule has 3 aromatic rings. The van der Waals surface area contributed by atoms with Crippen LogP contribution < -0.4 is 20.5 Å². The molecule has 0 saturated carbocycles. The minimum absolute atomic E-state index is 0.180. The van der Waals surface area contributed by atoms with Crippen molar-refractivity contribution in [3.05, 3.63) is 53.0 Å². The second-order valence-corrected chi connectivity index (χ2v) is 7.18. The average molecular weight is 400 g/mol. The quantitative estimate of drug-likeness (QED) is 0.495. The normalized spacial score (nSPS) is 11.8. The number of benzene rings is 1. The first-order valence-electron chi connectivity index (χ1n) is 9.25. The summed E-state index contributed by atoms with van der Waals surface area (Å²) in [6.45, 7) is 2.77. The molecule has 0 aliphatic heterocycles. The number of nitrogens with one attached hydrogen (secondary N) is 1. The highest BCUT2D eigenvalue weighted by atomic mass is 32.1. The zero-order valence-corrected chi connectivity index (χ0v) is 16.9. The first kappa shape index (κ1) is 20.0. The third kappa shape index (κ3) is 5.64. The van der Waals surface area contributed by atoms with Gasteiger partial charge in [-0.15, -0.1) is 21.5 Å². The summed E-state index contributed by atoms with van der Waals surface area (Å²) < 4.78 is 10.7. The predicted molar refractivity (Wildman–Crippen MR) is 111 cm³/mol. The maximum atomic E-state index is 6.32. The van der Waals surface area contributed by atoms with Crippen LogP contribution in [0.3, 0.4) is 0 Å². The first-order valence-corrected chi connectivity index (χ1v) is 10.1. The molecule has 2 heterocycles. The summed E-state index contributed by atoms with van der Waals surface area (Å²) in [5.41, 5.74) is 8.31. The number of thiazole rings is 1. The molecule has 1 atom stereocenters. The molecule has 148 valence electrons. The molecule has 3 rings (SSSR count). The fourth-order valence-electron chi connectivity index (χ4n) is 2.53. The molecule has 0 bridgehead atoms. The van der Waals surface area contributed by atoms with E-state index in [9.17, 15) is 0 Å². The summed E-state index contributed by atoms with van der Waals surface area (Å²) in [5.74, 6) is 1.98. The lowest BCUT2D eigenvalue weighted by atomic mass is 10.0. The summed E-state index contributed by atoms with van der Waals surface area (Å²) >= 11 is 1.49. The standard InChI is InChI=1S/C20H25N5O2S/c1-3-4-11-27-19-10-9-18(24-25-19)23-20-22-17(13-28-20)16(21)12-14-5-7-15(26-2)8-6-14/h5-10,13,16H,3-4,11-12,21H2,1-2H3,(H,22,23,24). The summed E-state index contributed by atoms with van der Waals surface area (Å²) in [6.07, 6.45) is 2.79. The zero-order valence-electron chi connectivity index (χ0n) is 16.1. The van der Waals surface area contributed by atoms with Crippen molar-refractivity contribution in [3.63, 3.8) is 0 Å². The van der Waals surface area contributed by atoms with Crippen molar-refractivity contribution < 1.29 is 9.47 Å². The van der Waals surface area contributed by atoms with Crippen molar-refractivity contribution in [2.75, 3.05) is 19.0 Å². The van der Waals surface area contributed by atoms with E-state index in [1.807, 2.05) is 35.7 Å². The lowest BCUT2D eigenvalue weighted by molar-refractivity contribution is 0.294. The van der Waals surface area contributed by atoms with E-state index < -0.39 is 0 Å². The van der Waals surface area contributed by atoms with Gasteiger partial charge in [0.25, 0.3) is 0 Å². The Labute approximate surface area is 168 Å². The van der Waals surface area contributed by atoms with Crippen LogP contribution in [-0.2, 0) is 6.42 Å². The minimum atomic E-state index is -0.180. The van der Waals surface area contributed by atoms with Gasteiger partial charge in [0, 0.05) is 11.4 Å². The Morgan fingerprint density at radius 3 is 2.64 bits per heavy atom. The lowest BCUT2D eigenvalue weighted by Crippen LogP contribution is -2.13. The number of hydrogen-bond acceptors (Lipinski definition) is 8. The Hall–Kier alpha value is -2.71. The molecule has 2 aromatic heterocycles. The molecule has 8 heteroatoms. The monoisotopic (exact) mass is 399 g/mol. The van der Waals surface area contributed by atoms with Crippen molar-refractivity contribution in [2.24, 2.45) is 5.73 Å². The van der Waals surface area contributed by atoms with E-state index in [2.05, 4.69) is 27.4 Å². The molecule has 0 amide bonds. The van der Waals surface area contributed by atoms with Gasteiger partial charge in [0.05, 0.1) is 25.5 Å². The van der Waals surface area contributed by atoms with Crippen LogP contribution in [0.1, 0.15) is 37.1 Å². The Bertz CT molecular complexity index is 852. The maximum Gasteiger partial charge on any atom is 0.233 e. The zero-order chi connectivity index (χ0) is 19.8. The van der Waals surface area contributed by atoms with Gasteiger partial charge in [-0.25, -0.2) is 4.98 Å². The molecule has 0 aliphatic carbocycles. The fraction of sp³-hybridized carbons (Fsp3) is 0.350. The molecule has 1 aromatic carbocycles. The summed E-state index contributed by atoms with van der Waals surface area (Å²) in [7, 11) is 1.65. The number of hydrogen-bond donors (Lipinski definition) is 2. The van der Waals surface area contributed by atoms with E-state index in [1.165, 1.54) is 11.3 Å². The molecule has 0 fully saturated rings. The lowest BCUT2D eigenvalue weighted by Gasteiger charge is -2.09. The van der Waals surface area contributed by atoms with E-state index in [4.69, 9.17) is 15.2 Å². The van der Waals surface area contributed by atoms with Gasteiger partial charge in [-0.2, -0.15) is 0 Å². The summed E-state index contributed by atoms with van der Waals surface area (Å²) in [4.78, 5) is 4.58. The molecule has 28 heavy (non-hydrogen) atoms. The molecule has 0 radical (unpaired) electrons. The first-order chi connectivity index (χ1) is 13.7. The molecule has 7 nitrogen and oxygen atoms in total. The van der Waals surface area contributed by atoms with Crippen LogP contribution >= 0.6 is 11.3 Å². The van der Waals surface area contributed by atoms with Crippen LogP contribution in [-0.4, -0.2) is 28.9 Å². The SMILES string of the molecule is CCCCOc1ccc(Nc2nc(C(N)Cc3ccc(OC)cc3)cs2)nn1. The van der Waals surface area contributed by atoms with E-state index in [0.717, 1.165) is 35.0 Å². The molecule has 0 saturated heterocycles. The third-order valence-electron chi connectivity index (χ3n) is 4.14. The number of nitrogens with two attached hydrogens (primary N) is 1. The van der Waals surface area contributed by atoms with E-state index in [1.54, 1.807) is 13.2 Å². The molecule has 0 aliphatic rings. The van der Waals surface area contributed by atoms with Crippen molar-refractivity contribution in [3.8, 4) is 11.6 Å². The van der Waals surface area contributed by atoms with Gasteiger partial charge < -0.3 is 20.5 Å². The van der Waals surface area contributed by atoms with E-state index in [0.29, 0.717) is 24.7 Å². The molecule has 0 spiro atoms. The maximum absolute atomic E-state index is 6.32. The smallest absolute Gasteiger partial charge is 0.233 e. The summed E-state index contributed by atoms with van der Waals surface area (Å²) in [5, 5.41) is 14.0. The third-order valence-corrected chi connectivity index (χ3v) is 4.92.